The number of aliphatic hydroxyl groups is 2. The van der Waals surface area contributed by atoms with Crippen molar-refractivity contribution < 1.29 is 75.8 Å². The molecule has 4 N–H and O–H groups in total. The third-order valence-corrected chi connectivity index (χ3v) is 20.8. The van der Waals surface area contributed by atoms with Gasteiger partial charge in [-0.25, -0.2) is 9.13 Å². The second-order valence-electron chi connectivity index (χ2n) is 30.0. The van der Waals surface area contributed by atoms with Crippen LogP contribution in [0, 0.1) is 0 Å². The van der Waals surface area contributed by atoms with E-state index in [-0.39, 0.29) is 19.3 Å². The number of hydrogen-bond donors (Lipinski definition) is 4. The Morgan fingerprint density at radius 3 is 0.730 bits per heavy atom. The number of esters is 3. The minimum Gasteiger partial charge on any atom is -0.463 e. The number of phosphoric ester groups is 2. The molecular weight excluding hydrogens is 1480 g/mol. The highest BCUT2D eigenvalue weighted by atomic mass is 31.2. The van der Waals surface area contributed by atoms with Crippen LogP contribution in [0.3, 0.4) is 0 Å². The molecule has 0 radical (unpaired) electrons. The van der Waals surface area contributed by atoms with Gasteiger partial charge in [-0.2, -0.15) is 0 Å². The van der Waals surface area contributed by atoms with Crippen molar-refractivity contribution in [1.82, 2.24) is 0 Å². The fourth-order valence-electron chi connectivity index (χ4n) is 12.1. The molecule has 0 bridgehead atoms. The lowest BCUT2D eigenvalue weighted by atomic mass is 10.0. The van der Waals surface area contributed by atoms with E-state index in [0.29, 0.717) is 19.3 Å². The Morgan fingerprint density at radius 1 is 0.252 bits per heavy atom. The zero-order valence-corrected chi connectivity index (χ0v) is 74.2. The lowest BCUT2D eigenvalue weighted by molar-refractivity contribution is -0.161. The maximum Gasteiger partial charge on any atom is 0.472 e. The number of phosphoric acid groups is 2. The van der Waals surface area contributed by atoms with Gasteiger partial charge in [0.25, 0.3) is 0 Å². The van der Waals surface area contributed by atoms with Crippen molar-refractivity contribution in [1.29, 1.82) is 0 Å². The molecule has 0 rings (SSSR count). The van der Waals surface area contributed by atoms with Crippen LogP contribution < -0.4 is 0 Å². The largest absolute Gasteiger partial charge is 0.472 e. The maximum atomic E-state index is 13.1. The summed E-state index contributed by atoms with van der Waals surface area (Å²) < 4.78 is 61.4. The van der Waals surface area contributed by atoms with Crippen molar-refractivity contribution in [2.45, 2.75) is 386 Å². The van der Waals surface area contributed by atoms with Crippen molar-refractivity contribution in [3.8, 4) is 0 Å². The fourth-order valence-corrected chi connectivity index (χ4v) is 13.7. The first kappa shape index (κ1) is 110. The van der Waals surface area contributed by atoms with Crippen LogP contribution in [0.15, 0.2) is 170 Å². The molecule has 16 nitrogen and oxygen atoms in total. The average molecular weight is 1650 g/mol. The molecule has 0 aromatic heterocycles. The summed E-state index contributed by atoms with van der Waals surface area (Å²) in [5, 5.41) is 20.7. The summed E-state index contributed by atoms with van der Waals surface area (Å²) in [6.45, 7) is 2.43. The molecule has 0 aliphatic rings. The summed E-state index contributed by atoms with van der Waals surface area (Å²) in [6.07, 6.45) is 114. The molecule has 0 spiro atoms. The second kappa shape index (κ2) is 88.2. The van der Waals surface area contributed by atoms with Gasteiger partial charge in [0.2, 0.25) is 0 Å². The van der Waals surface area contributed by atoms with Crippen molar-refractivity contribution in [2.75, 3.05) is 39.6 Å². The first-order valence-corrected chi connectivity index (χ1v) is 48.4. The topological polar surface area (TPSA) is 231 Å². The third-order valence-electron chi connectivity index (χ3n) is 18.9. The van der Waals surface area contributed by atoms with Gasteiger partial charge in [-0.1, -0.05) is 364 Å². The smallest absolute Gasteiger partial charge is 0.463 e. The van der Waals surface area contributed by atoms with Crippen molar-refractivity contribution in [3.05, 3.63) is 170 Å². The Morgan fingerprint density at radius 2 is 0.461 bits per heavy atom. The molecular formula is C97H164O16P2. The van der Waals surface area contributed by atoms with Gasteiger partial charge in [0, 0.05) is 19.3 Å². The highest BCUT2D eigenvalue weighted by Gasteiger charge is 2.29. The molecule has 5 atom stereocenters. The Bertz CT molecular complexity index is 2770. The molecule has 0 aliphatic carbocycles. The van der Waals surface area contributed by atoms with E-state index < -0.39 is 91.5 Å². The zero-order valence-electron chi connectivity index (χ0n) is 72.4. The van der Waals surface area contributed by atoms with Crippen LogP contribution in [0.25, 0.3) is 0 Å². The number of ether oxygens (including phenoxy) is 3. The van der Waals surface area contributed by atoms with E-state index in [9.17, 15) is 43.5 Å². The number of aliphatic hydroxyl groups excluding tert-OH is 2. The lowest BCUT2D eigenvalue weighted by Gasteiger charge is -2.21. The highest BCUT2D eigenvalue weighted by molar-refractivity contribution is 7.47. The summed E-state index contributed by atoms with van der Waals surface area (Å²) >= 11 is 0. The van der Waals surface area contributed by atoms with Gasteiger partial charge in [-0.15, -0.1) is 0 Å². The standard InChI is InChI=1S/C97H164O16P2/c1-4-7-10-13-16-19-22-25-28-31-34-37-40-41-42-43-44-45-46-47-48-49-52-54-56-59-62-65-68-71-74-77-80-83-95(100)107-86-92(98)87-109-114(103,104)110-88-93(99)89-111-115(105,106)112-91-94(113-97(102)85-82-79-76-73-70-67-64-61-58-55-51-39-36-33-30-27-24-21-18-15-12-9-6-3)90-108-96(101)84-81-78-75-72-69-66-63-60-57-53-50-38-35-32-29-26-23-20-17-14-11-8-5-2/h8-9,11-12,16-21,25-30,34-39,41-42,53,55,57-58,92-94,98-99H,4-7,10,13-15,22-24,31-33,40,43-52,54,56,59-91H2,1-3H3,(H,103,104)(H,105,106)/b11-8-,12-9-,19-16-,20-17-,21-18-,28-25-,29-26-,30-27-,37-34-,38-35-,39-36-,42-41-,57-53-,58-55-. The van der Waals surface area contributed by atoms with Crippen LogP contribution in [0.4, 0.5) is 0 Å². The zero-order chi connectivity index (χ0) is 83.6. The number of rotatable bonds is 85. The average Bonchev–Trinajstić information content (AvgIpc) is 1.07. The minimum atomic E-state index is -4.95. The van der Waals surface area contributed by atoms with E-state index in [1.807, 2.05) is 0 Å². The Labute approximate surface area is 701 Å². The van der Waals surface area contributed by atoms with E-state index in [1.54, 1.807) is 0 Å². The van der Waals surface area contributed by atoms with E-state index >= 15 is 0 Å². The number of carbonyl (C=O) groups is 3. The summed E-state index contributed by atoms with van der Waals surface area (Å²) in [5.41, 5.74) is 0. The van der Waals surface area contributed by atoms with Crippen molar-refractivity contribution in [2.24, 2.45) is 0 Å². The Balaban J connectivity index is 4.59. The summed E-state index contributed by atoms with van der Waals surface area (Å²) in [6, 6.07) is 0. The van der Waals surface area contributed by atoms with Gasteiger partial charge >= 0.3 is 33.6 Å². The fraction of sp³-hybridized carbons (Fsp3) is 0.680. The normalized spacial score (nSPS) is 14.6. The first-order valence-electron chi connectivity index (χ1n) is 45.4. The van der Waals surface area contributed by atoms with Gasteiger partial charge < -0.3 is 34.2 Å². The molecule has 18 heteroatoms. The molecule has 0 amide bonds. The van der Waals surface area contributed by atoms with E-state index in [0.717, 1.165) is 193 Å². The molecule has 0 aromatic carbocycles. The first-order chi connectivity index (χ1) is 56.2. The quantitative estimate of drug-likeness (QED) is 0.0146. The van der Waals surface area contributed by atoms with Crippen LogP contribution in [0.5, 0.6) is 0 Å². The van der Waals surface area contributed by atoms with E-state index in [4.69, 9.17) is 32.3 Å². The predicted molar refractivity (Wildman–Crippen MR) is 482 cm³/mol. The summed E-state index contributed by atoms with van der Waals surface area (Å²) in [5.74, 6) is -1.60. The molecule has 0 saturated carbocycles. The number of allylic oxidation sites excluding steroid dienone is 28. The molecule has 115 heavy (non-hydrogen) atoms. The number of hydrogen-bond acceptors (Lipinski definition) is 14. The number of unbranched alkanes of at least 4 members (excludes halogenated alkanes) is 34. The molecule has 0 aromatic rings. The van der Waals surface area contributed by atoms with E-state index in [2.05, 4.69) is 191 Å². The van der Waals surface area contributed by atoms with Crippen molar-refractivity contribution in [3.63, 3.8) is 0 Å². The van der Waals surface area contributed by atoms with Gasteiger partial charge in [0.1, 0.15) is 25.4 Å². The highest BCUT2D eigenvalue weighted by Crippen LogP contribution is 2.45. The molecule has 0 fully saturated rings. The third kappa shape index (κ3) is 89.5. The predicted octanol–water partition coefficient (Wildman–Crippen LogP) is 27.9. The van der Waals surface area contributed by atoms with Crippen LogP contribution in [0.2, 0.25) is 0 Å². The lowest BCUT2D eigenvalue weighted by Crippen LogP contribution is -2.30. The van der Waals surface area contributed by atoms with Crippen LogP contribution >= 0.6 is 15.6 Å². The van der Waals surface area contributed by atoms with Crippen LogP contribution in [0.1, 0.15) is 367 Å². The monoisotopic (exact) mass is 1650 g/mol. The molecule has 5 unspecified atom stereocenters. The molecule has 0 saturated heterocycles. The second-order valence-corrected chi connectivity index (χ2v) is 32.9. The summed E-state index contributed by atoms with van der Waals surface area (Å²) in [7, 11) is -9.82. The van der Waals surface area contributed by atoms with Crippen molar-refractivity contribution >= 4 is 33.6 Å². The van der Waals surface area contributed by atoms with E-state index in [1.165, 1.54) is 116 Å². The number of carbonyl (C=O) groups excluding carboxylic acids is 3. The van der Waals surface area contributed by atoms with Gasteiger partial charge in [0.15, 0.2) is 6.10 Å². The SMILES string of the molecule is CC/C=C\C/C=C\C/C=C\C/C=C\C/C=C\CCCCCCCCCC(=O)OCC(COP(=O)(O)OCC(O)COP(=O)(O)OCC(O)COC(=O)CCCCCCCCCCCCCCCCCCC/C=C\C/C=C\C/C=C\C/C=C\CCCCC)OC(=O)CCCCCCCCC/C=C\C/C=C\C/C=C\C/C=C\C/C=C\CC. The Kier molecular flexibility index (Phi) is 84.3. The summed E-state index contributed by atoms with van der Waals surface area (Å²) in [4.78, 5) is 59.0. The van der Waals surface area contributed by atoms with Gasteiger partial charge in [-0.3, -0.25) is 32.5 Å². The molecule has 658 valence electrons. The maximum absolute atomic E-state index is 13.1. The molecule has 0 heterocycles. The minimum absolute atomic E-state index is 0.0833. The van der Waals surface area contributed by atoms with Crippen LogP contribution in [-0.2, 0) is 55.8 Å². The van der Waals surface area contributed by atoms with Gasteiger partial charge in [-0.05, 0) is 154 Å². The Hall–Kier alpha value is -5.09. The molecule has 0 aliphatic heterocycles. The van der Waals surface area contributed by atoms with Gasteiger partial charge in [0.05, 0.1) is 26.4 Å². The van der Waals surface area contributed by atoms with Crippen LogP contribution in [-0.4, -0.2) is 95.9 Å².